The Morgan fingerprint density at radius 1 is 1.15 bits per heavy atom. The van der Waals surface area contributed by atoms with Crippen molar-refractivity contribution < 1.29 is 19.8 Å². The van der Waals surface area contributed by atoms with Crippen molar-refractivity contribution in [3.63, 3.8) is 0 Å². The van der Waals surface area contributed by atoms with Crippen LogP contribution in [0.15, 0.2) is 0 Å². The molecule has 1 rings (SSSR count). The number of hydrogen-bond donors (Lipinski definition) is 0. The van der Waals surface area contributed by atoms with Gasteiger partial charge in [-0.15, -0.1) is 0 Å². The molecule has 0 saturated carbocycles. The number of aliphatic carboxylic acids is 2. The topological polar surface area (TPSA) is 83.5 Å². The molecule has 1 atom stereocenters. The summed E-state index contributed by atoms with van der Waals surface area (Å²) in [6.45, 7) is 11.3. The highest BCUT2D eigenvalue weighted by atomic mass is 16.4. The zero-order valence-corrected chi connectivity index (χ0v) is 13.1. The molecule has 1 aliphatic rings. The third kappa shape index (κ3) is 3.51. The molecule has 0 bridgehead atoms. The van der Waals surface area contributed by atoms with E-state index < -0.39 is 24.3 Å². The van der Waals surface area contributed by atoms with Crippen LogP contribution >= 0.6 is 0 Å². The molecule has 1 saturated heterocycles. The average molecular weight is 283 g/mol. The smallest absolute Gasteiger partial charge is 0.0451 e. The van der Waals surface area contributed by atoms with Gasteiger partial charge in [0, 0.05) is 28.9 Å². The maximum absolute atomic E-state index is 11.3. The van der Waals surface area contributed by atoms with E-state index in [2.05, 4.69) is 39.5 Å². The standard InChI is InChI=1S/C15H27NO4/c1-6-16-14(2,3)8-10(9-15(16,4)5)11(13(19)20)7-12(17)18/h10-11H,6-9H2,1-5H3,(H,17,18)(H,19,20)/p-2. The minimum absolute atomic E-state index is 0.166. The first kappa shape index (κ1) is 17.0. The summed E-state index contributed by atoms with van der Waals surface area (Å²) in [4.78, 5) is 24.4. The lowest BCUT2D eigenvalue weighted by molar-refractivity contribution is -0.323. The Labute approximate surface area is 121 Å². The molecule has 1 unspecified atom stereocenters. The lowest BCUT2D eigenvalue weighted by atomic mass is 9.68. The fourth-order valence-corrected chi connectivity index (χ4v) is 4.16. The van der Waals surface area contributed by atoms with E-state index in [0.29, 0.717) is 12.8 Å². The van der Waals surface area contributed by atoms with Gasteiger partial charge in [-0.05, 0) is 59.4 Å². The summed E-state index contributed by atoms with van der Waals surface area (Å²) < 4.78 is 0. The number of carboxylic acids is 2. The van der Waals surface area contributed by atoms with Crippen LogP contribution in [-0.2, 0) is 9.59 Å². The van der Waals surface area contributed by atoms with Gasteiger partial charge >= 0.3 is 0 Å². The Morgan fingerprint density at radius 3 is 1.90 bits per heavy atom. The SMILES string of the molecule is CCN1C(C)(C)CC(C(CC(=O)[O-])C(=O)[O-])CC1(C)C. The molecule has 0 N–H and O–H groups in total. The summed E-state index contributed by atoms with van der Waals surface area (Å²) in [6.07, 6.45) is 0.831. The van der Waals surface area contributed by atoms with Crippen molar-refractivity contribution in [2.45, 2.75) is 65.0 Å². The van der Waals surface area contributed by atoms with E-state index in [-0.39, 0.29) is 17.0 Å². The van der Waals surface area contributed by atoms with Gasteiger partial charge in [-0.3, -0.25) is 4.90 Å². The van der Waals surface area contributed by atoms with E-state index in [4.69, 9.17) is 0 Å². The maximum Gasteiger partial charge on any atom is 0.0451 e. The number of carbonyl (C=O) groups excluding carboxylic acids is 2. The van der Waals surface area contributed by atoms with Crippen LogP contribution in [0.25, 0.3) is 0 Å². The van der Waals surface area contributed by atoms with E-state index in [1.165, 1.54) is 0 Å². The molecule has 1 aliphatic heterocycles. The van der Waals surface area contributed by atoms with Crippen LogP contribution in [0.4, 0.5) is 0 Å². The second-order valence-electron chi connectivity index (χ2n) is 7.04. The predicted molar refractivity (Wildman–Crippen MR) is 71.4 cm³/mol. The molecule has 1 fully saturated rings. The van der Waals surface area contributed by atoms with E-state index >= 15 is 0 Å². The molecule has 0 spiro atoms. The van der Waals surface area contributed by atoms with Gasteiger partial charge in [0.2, 0.25) is 0 Å². The quantitative estimate of drug-likeness (QED) is 0.696. The van der Waals surface area contributed by atoms with E-state index in [1.54, 1.807) is 0 Å². The summed E-state index contributed by atoms with van der Waals surface area (Å²) in [7, 11) is 0. The molecule has 0 aromatic heterocycles. The number of hydrogen-bond acceptors (Lipinski definition) is 5. The lowest BCUT2D eigenvalue weighted by Crippen LogP contribution is -2.62. The van der Waals surface area contributed by atoms with Crippen LogP contribution in [0, 0.1) is 11.8 Å². The molecule has 5 nitrogen and oxygen atoms in total. The summed E-state index contributed by atoms with van der Waals surface area (Å²) >= 11 is 0. The van der Waals surface area contributed by atoms with Gasteiger partial charge in [0.25, 0.3) is 0 Å². The summed E-state index contributed by atoms with van der Waals surface area (Å²) in [5.74, 6) is -3.79. The molecule has 20 heavy (non-hydrogen) atoms. The first-order valence-corrected chi connectivity index (χ1v) is 7.19. The summed E-state index contributed by atoms with van der Waals surface area (Å²) in [5, 5.41) is 22.1. The number of rotatable bonds is 5. The van der Waals surface area contributed by atoms with Crippen LogP contribution in [0.3, 0.4) is 0 Å². The summed E-state index contributed by atoms with van der Waals surface area (Å²) in [6, 6.07) is 0. The average Bonchev–Trinajstić information content (AvgIpc) is 2.22. The van der Waals surface area contributed by atoms with Crippen LogP contribution in [0.5, 0.6) is 0 Å². The van der Waals surface area contributed by atoms with E-state index in [9.17, 15) is 19.8 Å². The fraction of sp³-hybridized carbons (Fsp3) is 0.867. The van der Waals surface area contributed by atoms with Crippen LogP contribution < -0.4 is 10.2 Å². The second-order valence-corrected chi connectivity index (χ2v) is 7.04. The number of piperidine rings is 1. The Bertz CT molecular complexity index is 371. The second kappa shape index (κ2) is 5.72. The first-order chi connectivity index (χ1) is 9.01. The van der Waals surface area contributed by atoms with Crippen molar-refractivity contribution in [3.05, 3.63) is 0 Å². The monoisotopic (exact) mass is 283 g/mol. The largest absolute Gasteiger partial charge is 0.550 e. The van der Waals surface area contributed by atoms with Crippen molar-refractivity contribution in [1.82, 2.24) is 4.90 Å². The number of likely N-dealkylation sites (tertiary alicyclic amines) is 1. The van der Waals surface area contributed by atoms with Gasteiger partial charge < -0.3 is 19.8 Å². The molecule has 5 heteroatoms. The van der Waals surface area contributed by atoms with Crippen LogP contribution in [-0.4, -0.2) is 34.5 Å². The van der Waals surface area contributed by atoms with Crippen molar-refractivity contribution >= 4 is 11.9 Å². The van der Waals surface area contributed by atoms with Gasteiger partial charge in [-0.25, -0.2) is 0 Å². The van der Waals surface area contributed by atoms with Crippen LogP contribution in [0.2, 0.25) is 0 Å². The van der Waals surface area contributed by atoms with Gasteiger partial charge in [0.15, 0.2) is 0 Å². The number of carbonyl (C=O) groups is 2. The lowest BCUT2D eigenvalue weighted by Gasteiger charge is -2.56. The molecular formula is C15H25NO4-2. The normalized spacial score (nSPS) is 24.2. The van der Waals surface area contributed by atoms with Crippen molar-refractivity contribution in [3.8, 4) is 0 Å². The highest BCUT2D eigenvalue weighted by molar-refractivity contribution is 5.75. The highest BCUT2D eigenvalue weighted by Gasteiger charge is 2.46. The molecule has 0 aromatic rings. The number of nitrogens with zero attached hydrogens (tertiary/aromatic N) is 1. The zero-order valence-electron chi connectivity index (χ0n) is 13.1. The predicted octanol–water partition coefficient (Wildman–Crippen LogP) is -0.218. The Kier molecular flexibility index (Phi) is 4.85. The Morgan fingerprint density at radius 2 is 1.60 bits per heavy atom. The fourth-order valence-electron chi connectivity index (χ4n) is 4.16. The minimum atomic E-state index is -1.33. The minimum Gasteiger partial charge on any atom is -0.550 e. The van der Waals surface area contributed by atoms with Crippen molar-refractivity contribution in [2.24, 2.45) is 11.8 Å². The number of carboxylic acid groups (broad SMARTS) is 2. The van der Waals surface area contributed by atoms with Crippen molar-refractivity contribution in [2.75, 3.05) is 6.54 Å². The molecule has 0 radical (unpaired) electrons. The van der Waals surface area contributed by atoms with Gasteiger partial charge in [-0.2, -0.15) is 0 Å². The molecule has 0 aromatic carbocycles. The molecule has 116 valence electrons. The maximum atomic E-state index is 11.3. The van der Waals surface area contributed by atoms with Crippen molar-refractivity contribution in [1.29, 1.82) is 0 Å². The zero-order chi connectivity index (χ0) is 15.7. The third-order valence-electron chi connectivity index (χ3n) is 4.56. The third-order valence-corrected chi connectivity index (χ3v) is 4.56. The first-order valence-electron chi connectivity index (χ1n) is 7.19. The van der Waals surface area contributed by atoms with Gasteiger partial charge in [0.05, 0.1) is 0 Å². The summed E-state index contributed by atoms with van der Waals surface area (Å²) in [5.41, 5.74) is -0.332. The highest BCUT2D eigenvalue weighted by Crippen LogP contribution is 2.44. The molecule has 0 amide bonds. The van der Waals surface area contributed by atoms with Crippen LogP contribution in [0.1, 0.15) is 53.9 Å². The molecular weight excluding hydrogens is 258 g/mol. The molecule has 0 aliphatic carbocycles. The van der Waals surface area contributed by atoms with E-state index in [0.717, 1.165) is 6.54 Å². The Balaban J connectivity index is 3.03. The van der Waals surface area contributed by atoms with E-state index in [1.807, 2.05) is 0 Å². The van der Waals surface area contributed by atoms with Gasteiger partial charge in [-0.1, -0.05) is 6.92 Å². The Hall–Kier alpha value is -1.10. The van der Waals surface area contributed by atoms with Gasteiger partial charge in [0.1, 0.15) is 0 Å². The molecule has 1 heterocycles.